The standard InChI is InChI=1S/C30H40N2O9/c1-19(2)26(32-28(34)41-30(3,4)5)27(33)31-13-14-39-29(35)40-24-12-11-20(17-25(24)38-8)9-10-21-15-22(36-6)18-23(16-21)37-7/h9-12,15-19,26H,13-14H2,1-8H3,(H,31,33)(H,32,34)/b10-9+. The van der Waals surface area contributed by atoms with Crippen molar-refractivity contribution in [2.45, 2.75) is 46.3 Å². The molecule has 2 amide bonds. The summed E-state index contributed by atoms with van der Waals surface area (Å²) in [6.07, 6.45) is 2.10. The SMILES string of the molecule is COc1cc(/C=C/c2ccc(OC(=O)OCCNC(=O)C(NC(=O)OC(C)(C)C)C(C)C)c(OC)c2)cc(OC)c1. The lowest BCUT2D eigenvalue weighted by molar-refractivity contribution is -0.124. The average molecular weight is 573 g/mol. The van der Waals surface area contributed by atoms with Gasteiger partial charge in [0, 0.05) is 6.07 Å². The minimum atomic E-state index is -0.961. The maximum atomic E-state index is 12.6. The molecule has 0 spiro atoms. The summed E-state index contributed by atoms with van der Waals surface area (Å²) in [6, 6.07) is 9.75. The van der Waals surface area contributed by atoms with Crippen molar-refractivity contribution in [1.29, 1.82) is 0 Å². The number of benzene rings is 2. The topological polar surface area (TPSA) is 131 Å². The number of amides is 2. The predicted octanol–water partition coefficient (Wildman–Crippen LogP) is 5.06. The highest BCUT2D eigenvalue weighted by Gasteiger charge is 2.26. The van der Waals surface area contributed by atoms with E-state index in [0.717, 1.165) is 11.1 Å². The molecule has 2 aromatic carbocycles. The summed E-state index contributed by atoms with van der Waals surface area (Å²) in [5, 5.41) is 5.20. The Hall–Kier alpha value is -4.41. The van der Waals surface area contributed by atoms with Crippen LogP contribution in [0.25, 0.3) is 12.2 Å². The molecule has 0 radical (unpaired) electrons. The maximum Gasteiger partial charge on any atom is 0.514 e. The fourth-order valence-electron chi connectivity index (χ4n) is 3.50. The number of ether oxygens (including phenoxy) is 6. The monoisotopic (exact) mass is 572 g/mol. The second kappa shape index (κ2) is 15.4. The van der Waals surface area contributed by atoms with Crippen LogP contribution in [0.4, 0.5) is 9.59 Å². The number of hydrogen-bond acceptors (Lipinski definition) is 9. The molecule has 2 N–H and O–H groups in total. The maximum absolute atomic E-state index is 12.6. The average Bonchev–Trinajstić information content (AvgIpc) is 2.91. The summed E-state index contributed by atoms with van der Waals surface area (Å²) < 4.78 is 31.5. The van der Waals surface area contributed by atoms with Crippen LogP contribution in [0.5, 0.6) is 23.0 Å². The normalized spacial score (nSPS) is 11.9. The molecule has 0 aliphatic carbocycles. The summed E-state index contributed by atoms with van der Waals surface area (Å²) >= 11 is 0. The molecule has 41 heavy (non-hydrogen) atoms. The molecular formula is C30H40N2O9. The molecule has 0 fully saturated rings. The molecule has 1 atom stereocenters. The van der Waals surface area contributed by atoms with Crippen LogP contribution in [0.1, 0.15) is 45.7 Å². The fraction of sp³-hybridized carbons (Fsp3) is 0.433. The van der Waals surface area contributed by atoms with Gasteiger partial charge >= 0.3 is 12.2 Å². The van der Waals surface area contributed by atoms with Gasteiger partial charge in [-0.1, -0.05) is 32.1 Å². The van der Waals surface area contributed by atoms with Crippen molar-refractivity contribution in [2.24, 2.45) is 5.92 Å². The predicted molar refractivity (Wildman–Crippen MR) is 154 cm³/mol. The zero-order valence-electron chi connectivity index (χ0n) is 24.9. The number of hydrogen-bond donors (Lipinski definition) is 2. The number of alkyl carbamates (subject to hydrolysis) is 1. The molecule has 224 valence electrons. The number of rotatable bonds is 12. The summed E-state index contributed by atoms with van der Waals surface area (Å²) in [5.41, 5.74) is 0.977. The summed E-state index contributed by atoms with van der Waals surface area (Å²) in [5.74, 6) is 1.20. The van der Waals surface area contributed by atoms with Gasteiger partial charge in [0.15, 0.2) is 11.5 Å². The first-order chi connectivity index (χ1) is 19.3. The minimum absolute atomic E-state index is 0.0169. The van der Waals surface area contributed by atoms with Crippen molar-refractivity contribution < 1.29 is 42.8 Å². The lowest BCUT2D eigenvalue weighted by Gasteiger charge is -2.25. The molecule has 0 aliphatic heterocycles. The molecule has 1 unspecified atom stereocenters. The van der Waals surface area contributed by atoms with Crippen LogP contribution in [-0.2, 0) is 14.3 Å². The Labute approximate surface area is 241 Å². The Bertz CT molecular complexity index is 1200. The second-order valence-corrected chi connectivity index (χ2v) is 10.2. The van der Waals surface area contributed by atoms with E-state index in [2.05, 4.69) is 10.6 Å². The Morgan fingerprint density at radius 3 is 2.05 bits per heavy atom. The first-order valence-corrected chi connectivity index (χ1v) is 13.1. The molecule has 0 heterocycles. The van der Waals surface area contributed by atoms with Crippen LogP contribution in [-0.4, -0.2) is 64.3 Å². The molecule has 11 nitrogen and oxygen atoms in total. The van der Waals surface area contributed by atoms with Gasteiger partial charge in [0.2, 0.25) is 5.91 Å². The smallest absolute Gasteiger partial charge is 0.497 e. The van der Waals surface area contributed by atoms with Crippen LogP contribution >= 0.6 is 0 Å². The number of nitrogens with one attached hydrogen (secondary N) is 2. The van der Waals surface area contributed by atoms with Crippen LogP contribution in [0.2, 0.25) is 0 Å². The van der Waals surface area contributed by atoms with Crippen molar-refractivity contribution >= 4 is 30.3 Å². The number of carbonyl (C=O) groups excluding carboxylic acids is 3. The first-order valence-electron chi connectivity index (χ1n) is 13.1. The van der Waals surface area contributed by atoms with E-state index in [1.807, 2.05) is 24.3 Å². The fourth-order valence-corrected chi connectivity index (χ4v) is 3.50. The lowest BCUT2D eigenvalue weighted by Crippen LogP contribution is -2.51. The van der Waals surface area contributed by atoms with Gasteiger partial charge in [-0.3, -0.25) is 4.79 Å². The van der Waals surface area contributed by atoms with Gasteiger partial charge in [-0.15, -0.1) is 0 Å². The number of methoxy groups -OCH3 is 3. The molecule has 11 heteroatoms. The van der Waals surface area contributed by atoms with Crippen molar-refractivity contribution in [3.8, 4) is 23.0 Å². The van der Waals surface area contributed by atoms with Gasteiger partial charge in [-0.25, -0.2) is 9.59 Å². The second-order valence-electron chi connectivity index (χ2n) is 10.2. The molecule has 0 saturated carbocycles. The molecule has 2 aromatic rings. The molecule has 0 aromatic heterocycles. The Kier molecular flexibility index (Phi) is 12.3. The van der Waals surface area contributed by atoms with Crippen molar-refractivity contribution in [2.75, 3.05) is 34.5 Å². The molecular weight excluding hydrogens is 532 g/mol. The zero-order valence-corrected chi connectivity index (χ0v) is 24.9. The molecule has 0 saturated heterocycles. The van der Waals surface area contributed by atoms with Crippen LogP contribution in [0.3, 0.4) is 0 Å². The Morgan fingerprint density at radius 1 is 0.854 bits per heavy atom. The van der Waals surface area contributed by atoms with E-state index in [4.69, 9.17) is 28.4 Å². The van der Waals surface area contributed by atoms with Gasteiger partial charge in [0.25, 0.3) is 0 Å². The minimum Gasteiger partial charge on any atom is -0.497 e. The third-order valence-corrected chi connectivity index (χ3v) is 5.47. The van der Waals surface area contributed by atoms with Gasteiger partial charge < -0.3 is 39.1 Å². The van der Waals surface area contributed by atoms with Crippen molar-refractivity contribution in [1.82, 2.24) is 10.6 Å². The van der Waals surface area contributed by atoms with E-state index < -0.39 is 29.8 Å². The Morgan fingerprint density at radius 2 is 1.49 bits per heavy atom. The first kappa shape index (κ1) is 32.8. The highest BCUT2D eigenvalue weighted by Crippen LogP contribution is 2.30. The highest BCUT2D eigenvalue weighted by atomic mass is 16.7. The quantitative estimate of drug-likeness (QED) is 0.155. The van der Waals surface area contributed by atoms with Crippen molar-refractivity contribution in [3.05, 3.63) is 47.5 Å². The highest BCUT2D eigenvalue weighted by molar-refractivity contribution is 5.86. The zero-order chi connectivity index (χ0) is 30.6. The summed E-state index contributed by atoms with van der Waals surface area (Å²) in [4.78, 5) is 36.9. The van der Waals surface area contributed by atoms with E-state index in [1.165, 1.54) is 7.11 Å². The Balaban J connectivity index is 1.90. The third kappa shape index (κ3) is 11.3. The largest absolute Gasteiger partial charge is 0.514 e. The van der Waals surface area contributed by atoms with Gasteiger partial charge in [0.05, 0.1) is 27.9 Å². The van der Waals surface area contributed by atoms with Crippen LogP contribution in [0, 0.1) is 5.92 Å². The van der Waals surface area contributed by atoms with Crippen LogP contribution in [0.15, 0.2) is 36.4 Å². The molecule has 0 aliphatic rings. The van der Waals surface area contributed by atoms with E-state index in [1.54, 1.807) is 73.1 Å². The van der Waals surface area contributed by atoms with E-state index in [0.29, 0.717) is 17.2 Å². The lowest BCUT2D eigenvalue weighted by atomic mass is 10.0. The summed E-state index contributed by atoms with van der Waals surface area (Å²) in [7, 11) is 4.63. The van der Waals surface area contributed by atoms with Crippen molar-refractivity contribution in [3.63, 3.8) is 0 Å². The molecule has 0 bridgehead atoms. The molecule has 2 rings (SSSR count). The van der Waals surface area contributed by atoms with E-state index in [9.17, 15) is 14.4 Å². The summed E-state index contributed by atoms with van der Waals surface area (Å²) in [6.45, 7) is 8.65. The third-order valence-electron chi connectivity index (χ3n) is 5.47. The van der Waals surface area contributed by atoms with Gasteiger partial charge in [0.1, 0.15) is 29.7 Å². The van der Waals surface area contributed by atoms with E-state index >= 15 is 0 Å². The number of carbonyl (C=O) groups is 3. The van der Waals surface area contributed by atoms with E-state index in [-0.39, 0.29) is 24.8 Å². The van der Waals surface area contributed by atoms with Crippen LogP contribution < -0.4 is 29.6 Å². The van der Waals surface area contributed by atoms with Gasteiger partial charge in [-0.2, -0.15) is 0 Å². The van der Waals surface area contributed by atoms with Gasteiger partial charge in [-0.05, 0) is 62.1 Å².